The average molecular weight is 275 g/mol. The van der Waals surface area contributed by atoms with Gasteiger partial charge >= 0.3 is 12.0 Å². The van der Waals surface area contributed by atoms with E-state index in [1.807, 2.05) is 6.07 Å². The van der Waals surface area contributed by atoms with E-state index in [4.69, 9.17) is 10.4 Å². The van der Waals surface area contributed by atoms with E-state index in [1.54, 1.807) is 38.2 Å². The Balaban J connectivity index is 2.54. The lowest BCUT2D eigenvalue weighted by molar-refractivity contribution is -0.137. The molecule has 20 heavy (non-hydrogen) atoms. The molecular weight excluding hydrogens is 258 g/mol. The van der Waals surface area contributed by atoms with Crippen LogP contribution in [0.4, 0.5) is 10.5 Å². The van der Waals surface area contributed by atoms with Crippen molar-refractivity contribution in [1.29, 1.82) is 5.26 Å². The van der Waals surface area contributed by atoms with Gasteiger partial charge in [-0.15, -0.1) is 0 Å². The van der Waals surface area contributed by atoms with Crippen molar-refractivity contribution in [1.82, 2.24) is 5.32 Å². The summed E-state index contributed by atoms with van der Waals surface area (Å²) in [7, 11) is 1.61. The van der Waals surface area contributed by atoms with Gasteiger partial charge in [0.2, 0.25) is 0 Å². The van der Waals surface area contributed by atoms with E-state index in [1.165, 1.54) is 4.90 Å². The second kappa shape index (κ2) is 7.14. The molecule has 1 aromatic rings. The number of hydrogen-bond acceptors (Lipinski definition) is 3. The third kappa shape index (κ3) is 4.61. The standard InChI is InChI=1S/C14H17N3O3/c1-10(7-13(18)19)9-16-14(20)17(2)12-5-3-11(8-15)4-6-12/h3-6,10H,7,9H2,1-2H3,(H,16,20)(H,18,19). The topological polar surface area (TPSA) is 93.4 Å². The summed E-state index contributed by atoms with van der Waals surface area (Å²) in [6, 6.07) is 8.31. The zero-order valence-corrected chi connectivity index (χ0v) is 11.5. The Morgan fingerprint density at radius 1 is 1.40 bits per heavy atom. The normalized spacial score (nSPS) is 11.2. The van der Waals surface area contributed by atoms with Crippen LogP contribution in [0.3, 0.4) is 0 Å². The van der Waals surface area contributed by atoms with Crippen molar-refractivity contribution < 1.29 is 14.7 Å². The molecule has 0 saturated carbocycles. The minimum Gasteiger partial charge on any atom is -0.481 e. The van der Waals surface area contributed by atoms with Crippen molar-refractivity contribution in [3.05, 3.63) is 29.8 Å². The minimum absolute atomic E-state index is 0.0147. The fraction of sp³-hybridized carbons (Fsp3) is 0.357. The van der Waals surface area contributed by atoms with Gasteiger partial charge in [-0.3, -0.25) is 9.69 Å². The molecule has 0 aliphatic rings. The molecule has 0 fully saturated rings. The van der Waals surface area contributed by atoms with Crippen LogP contribution in [0.1, 0.15) is 18.9 Å². The number of carbonyl (C=O) groups is 2. The molecule has 0 aromatic heterocycles. The van der Waals surface area contributed by atoms with Crippen molar-refractivity contribution in [2.24, 2.45) is 5.92 Å². The van der Waals surface area contributed by atoms with Crippen LogP contribution in [0.2, 0.25) is 0 Å². The van der Waals surface area contributed by atoms with Gasteiger partial charge in [-0.25, -0.2) is 4.79 Å². The summed E-state index contributed by atoms with van der Waals surface area (Å²) < 4.78 is 0. The lowest BCUT2D eigenvalue weighted by atomic mass is 10.1. The van der Waals surface area contributed by atoms with E-state index in [-0.39, 0.29) is 18.4 Å². The molecule has 6 heteroatoms. The van der Waals surface area contributed by atoms with Gasteiger partial charge in [0.25, 0.3) is 0 Å². The van der Waals surface area contributed by atoms with E-state index in [0.717, 1.165) is 0 Å². The van der Waals surface area contributed by atoms with Crippen LogP contribution in [0.15, 0.2) is 24.3 Å². The zero-order chi connectivity index (χ0) is 15.1. The highest BCUT2D eigenvalue weighted by molar-refractivity contribution is 5.91. The molecule has 1 rings (SSSR count). The fourth-order valence-electron chi connectivity index (χ4n) is 1.63. The Bertz CT molecular complexity index is 519. The van der Waals surface area contributed by atoms with Gasteiger partial charge in [-0.05, 0) is 30.2 Å². The first-order valence-electron chi connectivity index (χ1n) is 6.17. The third-order valence-corrected chi connectivity index (χ3v) is 2.81. The summed E-state index contributed by atoms with van der Waals surface area (Å²) in [6.45, 7) is 2.06. The number of urea groups is 1. The summed E-state index contributed by atoms with van der Waals surface area (Å²) in [5, 5.41) is 20.0. The Labute approximate surface area is 117 Å². The van der Waals surface area contributed by atoms with Gasteiger partial charge in [-0.2, -0.15) is 5.26 Å². The predicted molar refractivity (Wildman–Crippen MR) is 74.4 cm³/mol. The second-order valence-corrected chi connectivity index (χ2v) is 4.61. The summed E-state index contributed by atoms with van der Waals surface area (Å²) >= 11 is 0. The van der Waals surface area contributed by atoms with Gasteiger partial charge in [0, 0.05) is 25.7 Å². The van der Waals surface area contributed by atoms with Gasteiger partial charge < -0.3 is 10.4 Å². The Morgan fingerprint density at radius 3 is 2.50 bits per heavy atom. The third-order valence-electron chi connectivity index (χ3n) is 2.81. The van der Waals surface area contributed by atoms with Crippen molar-refractivity contribution >= 4 is 17.7 Å². The number of rotatable bonds is 5. The van der Waals surface area contributed by atoms with Crippen LogP contribution < -0.4 is 10.2 Å². The molecule has 1 atom stereocenters. The molecule has 2 amide bonds. The first-order chi connectivity index (χ1) is 9.43. The van der Waals surface area contributed by atoms with Crippen LogP contribution in [0, 0.1) is 17.2 Å². The largest absolute Gasteiger partial charge is 0.481 e. The molecule has 0 bridgehead atoms. The predicted octanol–water partition coefficient (Wildman–Crippen LogP) is 1.81. The molecule has 1 aromatic carbocycles. The highest BCUT2D eigenvalue weighted by Crippen LogP contribution is 2.13. The van der Waals surface area contributed by atoms with Crippen LogP contribution in [-0.2, 0) is 4.79 Å². The smallest absolute Gasteiger partial charge is 0.321 e. The summed E-state index contributed by atoms with van der Waals surface area (Å²) in [4.78, 5) is 23.8. The van der Waals surface area contributed by atoms with Crippen LogP contribution in [0.5, 0.6) is 0 Å². The molecule has 2 N–H and O–H groups in total. The van der Waals surface area contributed by atoms with Crippen molar-refractivity contribution in [2.45, 2.75) is 13.3 Å². The van der Waals surface area contributed by atoms with E-state index in [9.17, 15) is 9.59 Å². The van der Waals surface area contributed by atoms with Crippen molar-refractivity contribution in [2.75, 3.05) is 18.5 Å². The molecule has 106 valence electrons. The zero-order valence-electron chi connectivity index (χ0n) is 11.5. The number of carboxylic acid groups (broad SMARTS) is 1. The first kappa shape index (κ1) is 15.5. The second-order valence-electron chi connectivity index (χ2n) is 4.61. The molecule has 6 nitrogen and oxygen atoms in total. The molecule has 0 saturated heterocycles. The molecule has 0 radical (unpaired) electrons. The average Bonchev–Trinajstić information content (AvgIpc) is 2.43. The van der Waals surface area contributed by atoms with Gasteiger partial charge in [0.05, 0.1) is 11.6 Å². The fourth-order valence-corrected chi connectivity index (χ4v) is 1.63. The molecule has 0 aliphatic heterocycles. The number of aliphatic carboxylic acids is 1. The summed E-state index contributed by atoms with van der Waals surface area (Å²) in [5.74, 6) is -1.02. The lowest BCUT2D eigenvalue weighted by Gasteiger charge is -2.19. The van der Waals surface area contributed by atoms with Crippen molar-refractivity contribution in [3.8, 4) is 6.07 Å². The minimum atomic E-state index is -0.882. The highest BCUT2D eigenvalue weighted by Gasteiger charge is 2.13. The van der Waals surface area contributed by atoms with E-state index in [0.29, 0.717) is 17.8 Å². The van der Waals surface area contributed by atoms with Gasteiger partial charge in [0.1, 0.15) is 0 Å². The molecular formula is C14H17N3O3. The van der Waals surface area contributed by atoms with Crippen LogP contribution in [-0.4, -0.2) is 30.7 Å². The summed E-state index contributed by atoms with van der Waals surface area (Å²) in [6.07, 6.45) is 0.0147. The number of anilines is 1. The quantitative estimate of drug-likeness (QED) is 0.857. The number of benzene rings is 1. The Morgan fingerprint density at radius 2 is 2.00 bits per heavy atom. The van der Waals surface area contributed by atoms with Crippen LogP contribution in [0.25, 0.3) is 0 Å². The molecule has 0 aliphatic carbocycles. The first-order valence-corrected chi connectivity index (χ1v) is 6.17. The van der Waals surface area contributed by atoms with Crippen LogP contribution >= 0.6 is 0 Å². The Kier molecular flexibility index (Phi) is 5.54. The SMILES string of the molecule is CC(CNC(=O)N(C)c1ccc(C#N)cc1)CC(=O)O. The number of nitriles is 1. The molecule has 1 unspecified atom stereocenters. The number of amides is 2. The maximum Gasteiger partial charge on any atom is 0.321 e. The Hall–Kier alpha value is -2.55. The van der Waals surface area contributed by atoms with Crippen molar-refractivity contribution in [3.63, 3.8) is 0 Å². The maximum atomic E-state index is 11.9. The number of carboxylic acids is 1. The highest BCUT2D eigenvalue weighted by atomic mass is 16.4. The molecule has 0 spiro atoms. The number of hydrogen-bond donors (Lipinski definition) is 2. The number of nitrogens with one attached hydrogen (secondary N) is 1. The van der Waals surface area contributed by atoms with E-state index in [2.05, 4.69) is 5.32 Å². The monoisotopic (exact) mass is 275 g/mol. The van der Waals surface area contributed by atoms with E-state index < -0.39 is 5.97 Å². The molecule has 0 heterocycles. The lowest BCUT2D eigenvalue weighted by Crippen LogP contribution is -2.39. The number of carbonyl (C=O) groups excluding carboxylic acids is 1. The summed E-state index contributed by atoms with van der Waals surface area (Å²) in [5.41, 5.74) is 1.19. The van der Waals surface area contributed by atoms with E-state index >= 15 is 0 Å². The maximum absolute atomic E-state index is 11.9. The number of nitrogens with zero attached hydrogens (tertiary/aromatic N) is 2. The van der Waals surface area contributed by atoms with Gasteiger partial charge in [-0.1, -0.05) is 6.92 Å². The van der Waals surface area contributed by atoms with Gasteiger partial charge in [0.15, 0.2) is 0 Å².